The number of halogens is 1. The first-order valence-electron chi connectivity index (χ1n) is 7.88. The molecule has 0 aliphatic heterocycles. The van der Waals surface area contributed by atoms with Crippen LogP contribution in [-0.4, -0.2) is 16.8 Å². The second-order valence-electron chi connectivity index (χ2n) is 5.61. The quantitative estimate of drug-likeness (QED) is 0.674. The van der Waals surface area contributed by atoms with Crippen LogP contribution in [0.4, 0.5) is 10.8 Å². The monoisotopic (exact) mass is 385 g/mol. The molecule has 0 aliphatic carbocycles. The number of carbonyl (C=O) groups is 2. The van der Waals surface area contributed by atoms with E-state index in [-0.39, 0.29) is 11.8 Å². The van der Waals surface area contributed by atoms with Crippen LogP contribution in [0.2, 0.25) is 5.02 Å². The summed E-state index contributed by atoms with van der Waals surface area (Å²) in [5.41, 5.74) is 2.15. The number of benzene rings is 2. The molecular weight excluding hydrogens is 370 g/mol. The predicted molar refractivity (Wildman–Crippen MR) is 105 cm³/mol. The Morgan fingerprint density at radius 3 is 2.50 bits per heavy atom. The van der Waals surface area contributed by atoms with Gasteiger partial charge in [0.25, 0.3) is 5.91 Å². The maximum atomic E-state index is 12.3. The van der Waals surface area contributed by atoms with Crippen molar-refractivity contribution in [2.24, 2.45) is 0 Å². The first kappa shape index (κ1) is 18.1. The average molecular weight is 386 g/mol. The number of carbonyl (C=O) groups excluding carboxylic acids is 2. The molecule has 5 nitrogen and oxygen atoms in total. The van der Waals surface area contributed by atoms with Crippen molar-refractivity contribution >= 4 is 45.6 Å². The van der Waals surface area contributed by atoms with Crippen molar-refractivity contribution in [3.8, 4) is 0 Å². The Labute approximate surface area is 160 Å². The van der Waals surface area contributed by atoms with Gasteiger partial charge >= 0.3 is 0 Å². The third-order valence-corrected chi connectivity index (χ3v) is 4.85. The highest BCUT2D eigenvalue weighted by Gasteiger charge is 2.10. The average Bonchev–Trinajstić information content (AvgIpc) is 3.04. The third-order valence-electron chi connectivity index (χ3n) is 3.56. The van der Waals surface area contributed by atoms with Gasteiger partial charge in [-0.25, -0.2) is 4.98 Å². The predicted octanol–water partition coefficient (Wildman–Crippen LogP) is 4.60. The van der Waals surface area contributed by atoms with E-state index in [4.69, 9.17) is 11.6 Å². The summed E-state index contributed by atoms with van der Waals surface area (Å²) in [6, 6.07) is 14.3. The lowest BCUT2D eigenvalue weighted by Gasteiger charge is -2.04. The van der Waals surface area contributed by atoms with Crippen LogP contribution in [0.3, 0.4) is 0 Å². The van der Waals surface area contributed by atoms with E-state index in [1.165, 1.54) is 18.3 Å². The lowest BCUT2D eigenvalue weighted by atomic mass is 10.1. The molecule has 2 aromatic carbocycles. The zero-order chi connectivity index (χ0) is 18.5. The van der Waals surface area contributed by atoms with Crippen LogP contribution < -0.4 is 10.6 Å². The number of amides is 2. The normalized spacial score (nSPS) is 10.4. The van der Waals surface area contributed by atoms with Gasteiger partial charge in [0, 0.05) is 40.7 Å². The van der Waals surface area contributed by atoms with E-state index in [1.54, 1.807) is 30.5 Å². The van der Waals surface area contributed by atoms with Gasteiger partial charge in [-0.2, -0.15) is 0 Å². The number of nitrogens with one attached hydrogen (secondary N) is 2. The molecule has 1 heterocycles. The van der Waals surface area contributed by atoms with Gasteiger partial charge in [0.2, 0.25) is 5.91 Å². The molecule has 2 amide bonds. The van der Waals surface area contributed by atoms with Gasteiger partial charge < -0.3 is 5.32 Å². The van der Waals surface area contributed by atoms with Crippen molar-refractivity contribution in [1.29, 1.82) is 0 Å². The first-order valence-corrected chi connectivity index (χ1v) is 9.08. The molecule has 0 unspecified atom stereocenters. The molecule has 0 saturated carbocycles. The Morgan fingerprint density at radius 1 is 1.08 bits per heavy atom. The number of rotatable bonds is 5. The summed E-state index contributed by atoms with van der Waals surface area (Å²) in [6.45, 7) is 1.43. The van der Waals surface area contributed by atoms with Gasteiger partial charge in [-0.05, 0) is 35.9 Å². The molecule has 3 aromatic rings. The highest BCUT2D eigenvalue weighted by molar-refractivity contribution is 7.15. The Hall–Kier alpha value is -2.70. The standard InChI is InChI=1S/C19H16ClN3O2S/c1-12(24)22-15-8-6-13(7-9-15)18(25)23-19-21-11-16(26-19)10-14-4-2-3-5-17(14)20/h2-9,11H,10H2,1H3,(H,22,24)(H,21,23,25). The third kappa shape index (κ3) is 4.68. The van der Waals surface area contributed by atoms with Crippen molar-refractivity contribution in [3.05, 3.63) is 75.8 Å². The summed E-state index contributed by atoms with van der Waals surface area (Å²) in [5.74, 6) is -0.408. The van der Waals surface area contributed by atoms with E-state index in [9.17, 15) is 9.59 Å². The molecule has 0 spiro atoms. The molecule has 3 rings (SSSR count). The van der Waals surface area contributed by atoms with Gasteiger partial charge in [0.05, 0.1) is 0 Å². The summed E-state index contributed by atoms with van der Waals surface area (Å²) in [6.07, 6.45) is 2.40. The van der Waals surface area contributed by atoms with Gasteiger partial charge in [-0.15, -0.1) is 11.3 Å². The van der Waals surface area contributed by atoms with Crippen LogP contribution in [0.15, 0.2) is 54.7 Å². The van der Waals surface area contributed by atoms with E-state index in [2.05, 4.69) is 15.6 Å². The summed E-state index contributed by atoms with van der Waals surface area (Å²) in [4.78, 5) is 28.6. The highest BCUT2D eigenvalue weighted by atomic mass is 35.5. The Morgan fingerprint density at radius 2 is 1.81 bits per heavy atom. The van der Waals surface area contributed by atoms with Crippen LogP contribution in [0.25, 0.3) is 0 Å². The fraction of sp³-hybridized carbons (Fsp3) is 0.105. The Kier molecular flexibility index (Phi) is 5.65. The fourth-order valence-electron chi connectivity index (χ4n) is 2.35. The van der Waals surface area contributed by atoms with Crippen molar-refractivity contribution < 1.29 is 9.59 Å². The second-order valence-corrected chi connectivity index (χ2v) is 7.13. The SMILES string of the molecule is CC(=O)Nc1ccc(C(=O)Nc2ncc(Cc3ccccc3Cl)s2)cc1. The Bertz CT molecular complexity index is 938. The maximum absolute atomic E-state index is 12.3. The number of hydrogen-bond donors (Lipinski definition) is 2. The minimum atomic E-state index is -0.252. The zero-order valence-corrected chi connectivity index (χ0v) is 15.5. The topological polar surface area (TPSA) is 71.1 Å². The van der Waals surface area contributed by atoms with E-state index in [0.29, 0.717) is 27.8 Å². The molecule has 0 fully saturated rings. The zero-order valence-electron chi connectivity index (χ0n) is 14.0. The second kappa shape index (κ2) is 8.12. The molecule has 7 heteroatoms. The molecule has 1 aromatic heterocycles. The van der Waals surface area contributed by atoms with Crippen molar-refractivity contribution in [3.63, 3.8) is 0 Å². The summed E-state index contributed by atoms with van der Waals surface area (Å²) in [7, 11) is 0. The van der Waals surface area contributed by atoms with Crippen molar-refractivity contribution in [2.75, 3.05) is 10.6 Å². The van der Waals surface area contributed by atoms with E-state index >= 15 is 0 Å². The van der Waals surface area contributed by atoms with Crippen LogP contribution in [0, 0.1) is 0 Å². The lowest BCUT2D eigenvalue weighted by Crippen LogP contribution is -2.12. The number of anilines is 2. The number of nitrogens with zero attached hydrogens (tertiary/aromatic N) is 1. The van der Waals surface area contributed by atoms with Crippen LogP contribution in [-0.2, 0) is 11.2 Å². The molecule has 0 radical (unpaired) electrons. The summed E-state index contributed by atoms with van der Waals surface area (Å²) < 4.78 is 0. The smallest absolute Gasteiger partial charge is 0.257 e. The largest absolute Gasteiger partial charge is 0.326 e. The summed E-state index contributed by atoms with van der Waals surface area (Å²) >= 11 is 7.59. The number of hydrogen-bond acceptors (Lipinski definition) is 4. The molecule has 0 aliphatic rings. The van der Waals surface area contributed by atoms with Gasteiger partial charge in [-0.3, -0.25) is 14.9 Å². The van der Waals surface area contributed by atoms with Crippen LogP contribution in [0.1, 0.15) is 27.7 Å². The van der Waals surface area contributed by atoms with Gasteiger partial charge in [-0.1, -0.05) is 29.8 Å². The first-order chi connectivity index (χ1) is 12.5. The highest BCUT2D eigenvalue weighted by Crippen LogP contribution is 2.25. The van der Waals surface area contributed by atoms with E-state index < -0.39 is 0 Å². The fourth-order valence-corrected chi connectivity index (χ4v) is 3.39. The van der Waals surface area contributed by atoms with E-state index in [0.717, 1.165) is 10.4 Å². The van der Waals surface area contributed by atoms with Crippen LogP contribution >= 0.6 is 22.9 Å². The molecule has 26 heavy (non-hydrogen) atoms. The Balaban J connectivity index is 1.64. The number of aromatic nitrogens is 1. The molecular formula is C19H16ClN3O2S. The lowest BCUT2D eigenvalue weighted by molar-refractivity contribution is -0.114. The molecule has 2 N–H and O–H groups in total. The minimum Gasteiger partial charge on any atom is -0.326 e. The van der Waals surface area contributed by atoms with Gasteiger partial charge in [0.1, 0.15) is 0 Å². The van der Waals surface area contributed by atoms with E-state index in [1.807, 2.05) is 24.3 Å². The maximum Gasteiger partial charge on any atom is 0.257 e. The molecule has 0 atom stereocenters. The number of thiazole rings is 1. The summed E-state index contributed by atoms with van der Waals surface area (Å²) in [5, 5.41) is 6.69. The van der Waals surface area contributed by atoms with Gasteiger partial charge in [0.15, 0.2) is 5.13 Å². The minimum absolute atomic E-state index is 0.156. The molecule has 132 valence electrons. The molecule has 0 bridgehead atoms. The van der Waals surface area contributed by atoms with Crippen molar-refractivity contribution in [1.82, 2.24) is 4.98 Å². The van der Waals surface area contributed by atoms with Crippen molar-refractivity contribution in [2.45, 2.75) is 13.3 Å². The molecule has 0 saturated heterocycles. The van der Waals surface area contributed by atoms with Crippen LogP contribution in [0.5, 0.6) is 0 Å².